The summed E-state index contributed by atoms with van der Waals surface area (Å²) in [5.41, 5.74) is 1.57. The smallest absolute Gasteiger partial charge is 0.254 e. The predicted molar refractivity (Wildman–Crippen MR) is 81.2 cm³/mol. The molecule has 0 spiro atoms. The first kappa shape index (κ1) is 14.0. The van der Waals surface area contributed by atoms with E-state index in [-0.39, 0.29) is 12.5 Å². The van der Waals surface area contributed by atoms with Gasteiger partial charge in [0, 0.05) is 49.9 Å². The van der Waals surface area contributed by atoms with E-state index in [1.807, 2.05) is 35.2 Å². The Morgan fingerprint density at radius 1 is 1.14 bits per heavy atom. The van der Waals surface area contributed by atoms with Gasteiger partial charge in [-0.3, -0.25) is 14.7 Å². The first-order valence-corrected chi connectivity index (χ1v) is 7.26. The Morgan fingerprint density at radius 3 is 2.71 bits per heavy atom. The van der Waals surface area contributed by atoms with Crippen LogP contribution < -0.4 is 0 Å². The second-order valence-corrected chi connectivity index (χ2v) is 5.23. The van der Waals surface area contributed by atoms with Gasteiger partial charge in [0.2, 0.25) is 0 Å². The SMILES string of the molecule is O=C(c1cccc2ncccc12)N1CCN(CCO)CC1. The fraction of sp³-hybridized carbons (Fsp3) is 0.375. The maximum Gasteiger partial charge on any atom is 0.254 e. The minimum atomic E-state index is 0.0669. The van der Waals surface area contributed by atoms with Crippen molar-refractivity contribution < 1.29 is 9.90 Å². The van der Waals surface area contributed by atoms with Crippen LogP contribution in [0.25, 0.3) is 10.9 Å². The third kappa shape index (κ3) is 2.89. The maximum atomic E-state index is 12.7. The summed E-state index contributed by atoms with van der Waals surface area (Å²) in [5, 5.41) is 9.87. The Balaban J connectivity index is 1.79. The van der Waals surface area contributed by atoms with E-state index in [0.717, 1.165) is 29.6 Å². The quantitative estimate of drug-likeness (QED) is 0.913. The van der Waals surface area contributed by atoms with Crippen molar-refractivity contribution in [2.75, 3.05) is 39.3 Å². The number of carbonyl (C=O) groups excluding carboxylic acids is 1. The molecule has 1 fully saturated rings. The number of benzene rings is 1. The number of fused-ring (bicyclic) bond motifs is 1. The number of hydrogen-bond donors (Lipinski definition) is 1. The average molecular weight is 285 g/mol. The van der Waals surface area contributed by atoms with Crippen LogP contribution in [0.4, 0.5) is 0 Å². The molecule has 5 nitrogen and oxygen atoms in total. The number of piperazine rings is 1. The topological polar surface area (TPSA) is 56.7 Å². The van der Waals surface area contributed by atoms with Crippen LogP contribution in [0.5, 0.6) is 0 Å². The van der Waals surface area contributed by atoms with Crippen LogP contribution in [-0.4, -0.2) is 65.1 Å². The summed E-state index contributed by atoms with van der Waals surface area (Å²) in [5.74, 6) is 0.0669. The van der Waals surface area contributed by atoms with E-state index in [1.54, 1.807) is 6.20 Å². The molecule has 0 atom stereocenters. The molecule has 21 heavy (non-hydrogen) atoms. The fourth-order valence-corrected chi connectivity index (χ4v) is 2.78. The zero-order chi connectivity index (χ0) is 14.7. The lowest BCUT2D eigenvalue weighted by Gasteiger charge is -2.34. The fourth-order valence-electron chi connectivity index (χ4n) is 2.78. The van der Waals surface area contributed by atoms with Gasteiger partial charge in [-0.2, -0.15) is 0 Å². The Kier molecular flexibility index (Phi) is 4.13. The van der Waals surface area contributed by atoms with Gasteiger partial charge >= 0.3 is 0 Å². The number of amides is 1. The summed E-state index contributed by atoms with van der Waals surface area (Å²) in [4.78, 5) is 21.1. The molecular formula is C16H19N3O2. The summed E-state index contributed by atoms with van der Waals surface area (Å²) in [6, 6.07) is 9.47. The van der Waals surface area contributed by atoms with Gasteiger partial charge in [-0.1, -0.05) is 12.1 Å². The van der Waals surface area contributed by atoms with Crippen LogP contribution >= 0.6 is 0 Å². The molecule has 1 aliphatic heterocycles. The number of carbonyl (C=O) groups is 1. The van der Waals surface area contributed by atoms with Crippen molar-refractivity contribution in [2.24, 2.45) is 0 Å². The summed E-state index contributed by atoms with van der Waals surface area (Å²) in [6.45, 7) is 3.89. The van der Waals surface area contributed by atoms with Gasteiger partial charge in [0.1, 0.15) is 0 Å². The number of aromatic nitrogens is 1. The highest BCUT2D eigenvalue weighted by atomic mass is 16.3. The van der Waals surface area contributed by atoms with E-state index in [0.29, 0.717) is 19.6 Å². The highest BCUT2D eigenvalue weighted by Gasteiger charge is 2.22. The molecule has 0 unspecified atom stereocenters. The molecule has 0 aliphatic carbocycles. The van der Waals surface area contributed by atoms with Crippen molar-refractivity contribution in [3.8, 4) is 0 Å². The van der Waals surface area contributed by atoms with Crippen LogP contribution in [0.3, 0.4) is 0 Å². The molecule has 5 heteroatoms. The van der Waals surface area contributed by atoms with Crippen LogP contribution in [0, 0.1) is 0 Å². The number of aliphatic hydroxyl groups excluding tert-OH is 1. The van der Waals surface area contributed by atoms with Crippen molar-refractivity contribution in [3.05, 3.63) is 42.1 Å². The maximum absolute atomic E-state index is 12.7. The molecule has 3 rings (SSSR count). The molecule has 2 heterocycles. The van der Waals surface area contributed by atoms with Crippen molar-refractivity contribution in [1.82, 2.24) is 14.8 Å². The van der Waals surface area contributed by atoms with Crippen LogP contribution in [0.1, 0.15) is 10.4 Å². The molecule has 1 saturated heterocycles. The number of pyridine rings is 1. The minimum absolute atomic E-state index is 0.0669. The Hall–Kier alpha value is -1.98. The van der Waals surface area contributed by atoms with E-state index < -0.39 is 0 Å². The lowest BCUT2D eigenvalue weighted by molar-refractivity contribution is 0.0617. The summed E-state index contributed by atoms with van der Waals surface area (Å²) in [6.07, 6.45) is 1.74. The molecular weight excluding hydrogens is 266 g/mol. The van der Waals surface area contributed by atoms with Crippen molar-refractivity contribution in [1.29, 1.82) is 0 Å². The first-order valence-electron chi connectivity index (χ1n) is 7.26. The highest BCUT2D eigenvalue weighted by Crippen LogP contribution is 2.19. The van der Waals surface area contributed by atoms with E-state index in [2.05, 4.69) is 9.88 Å². The predicted octanol–water partition coefficient (Wildman–Crippen LogP) is 0.985. The molecule has 110 valence electrons. The van der Waals surface area contributed by atoms with Gasteiger partial charge in [-0.05, 0) is 18.2 Å². The van der Waals surface area contributed by atoms with Gasteiger partial charge < -0.3 is 10.0 Å². The standard InChI is InChI=1S/C16H19N3O2/c20-12-11-18-7-9-19(10-8-18)16(21)14-3-1-5-15-13(14)4-2-6-17-15/h1-6,20H,7-12H2. The van der Waals surface area contributed by atoms with Gasteiger partial charge in [-0.15, -0.1) is 0 Å². The second-order valence-electron chi connectivity index (χ2n) is 5.23. The number of hydrogen-bond acceptors (Lipinski definition) is 4. The second kappa shape index (κ2) is 6.20. The monoisotopic (exact) mass is 285 g/mol. The highest BCUT2D eigenvalue weighted by molar-refractivity contribution is 6.06. The first-order chi connectivity index (χ1) is 10.3. The lowest BCUT2D eigenvalue weighted by Crippen LogP contribution is -2.49. The van der Waals surface area contributed by atoms with Gasteiger partial charge in [0.25, 0.3) is 5.91 Å². The lowest BCUT2D eigenvalue weighted by atomic mass is 10.1. The third-order valence-electron chi connectivity index (χ3n) is 3.95. The summed E-state index contributed by atoms with van der Waals surface area (Å²) in [7, 11) is 0. The van der Waals surface area contributed by atoms with Crippen LogP contribution in [0.2, 0.25) is 0 Å². The molecule has 0 bridgehead atoms. The van der Waals surface area contributed by atoms with Gasteiger partial charge in [0.05, 0.1) is 12.1 Å². The molecule has 0 saturated carbocycles. The van der Waals surface area contributed by atoms with Crippen LogP contribution in [-0.2, 0) is 0 Å². The molecule has 2 aromatic rings. The van der Waals surface area contributed by atoms with Crippen molar-refractivity contribution >= 4 is 16.8 Å². The van der Waals surface area contributed by atoms with Gasteiger partial charge in [0.15, 0.2) is 0 Å². The summed E-state index contributed by atoms with van der Waals surface area (Å²) < 4.78 is 0. The zero-order valence-corrected chi connectivity index (χ0v) is 11.9. The Bertz CT molecular complexity index is 631. The molecule has 1 aliphatic rings. The van der Waals surface area contributed by atoms with Gasteiger partial charge in [-0.25, -0.2) is 0 Å². The molecule has 1 N–H and O–H groups in total. The molecule has 0 radical (unpaired) electrons. The molecule has 1 aromatic carbocycles. The van der Waals surface area contributed by atoms with Crippen molar-refractivity contribution in [2.45, 2.75) is 0 Å². The van der Waals surface area contributed by atoms with E-state index in [9.17, 15) is 4.79 Å². The third-order valence-corrected chi connectivity index (χ3v) is 3.95. The number of nitrogens with zero attached hydrogens (tertiary/aromatic N) is 3. The average Bonchev–Trinajstić information content (AvgIpc) is 2.55. The minimum Gasteiger partial charge on any atom is -0.395 e. The molecule has 1 amide bonds. The van der Waals surface area contributed by atoms with E-state index in [1.165, 1.54) is 0 Å². The van der Waals surface area contributed by atoms with Crippen molar-refractivity contribution in [3.63, 3.8) is 0 Å². The number of rotatable bonds is 3. The number of aliphatic hydroxyl groups is 1. The van der Waals surface area contributed by atoms with E-state index in [4.69, 9.17) is 5.11 Å². The summed E-state index contributed by atoms with van der Waals surface area (Å²) >= 11 is 0. The number of β-amino-alcohol motifs (C(OH)–C–C–N with tert-alkyl or cyclic N) is 1. The molecule has 1 aromatic heterocycles. The largest absolute Gasteiger partial charge is 0.395 e. The van der Waals surface area contributed by atoms with E-state index >= 15 is 0 Å². The normalized spacial score (nSPS) is 16.3. The van der Waals surface area contributed by atoms with Crippen LogP contribution in [0.15, 0.2) is 36.5 Å². The zero-order valence-electron chi connectivity index (χ0n) is 11.9. The Labute approximate surface area is 123 Å². The Morgan fingerprint density at radius 2 is 1.95 bits per heavy atom.